The highest BCUT2D eigenvalue weighted by molar-refractivity contribution is 5.94. The Kier molecular flexibility index (Phi) is 7.56. The monoisotopic (exact) mass is 510 g/mol. The highest BCUT2D eigenvalue weighted by Crippen LogP contribution is 2.31. The molecular formula is C24H26F4N4O4. The predicted molar refractivity (Wildman–Crippen MR) is 121 cm³/mol. The van der Waals surface area contributed by atoms with Crippen molar-refractivity contribution in [3.05, 3.63) is 53.2 Å². The minimum absolute atomic E-state index is 0.00949. The average molecular weight is 510 g/mol. The van der Waals surface area contributed by atoms with Gasteiger partial charge in [0.25, 0.3) is 5.91 Å². The van der Waals surface area contributed by atoms with E-state index in [1.54, 1.807) is 20.8 Å². The van der Waals surface area contributed by atoms with Crippen molar-refractivity contribution in [1.29, 1.82) is 0 Å². The number of carbonyl (C=O) groups is 3. The fourth-order valence-corrected chi connectivity index (χ4v) is 3.71. The van der Waals surface area contributed by atoms with Crippen LogP contribution in [0.4, 0.5) is 22.4 Å². The zero-order chi connectivity index (χ0) is 26.8. The lowest BCUT2D eigenvalue weighted by molar-refractivity contribution is -0.137. The quantitative estimate of drug-likeness (QED) is 0.594. The van der Waals surface area contributed by atoms with E-state index in [1.807, 2.05) is 0 Å². The van der Waals surface area contributed by atoms with Gasteiger partial charge in [0, 0.05) is 24.7 Å². The molecule has 1 fully saturated rings. The Morgan fingerprint density at radius 1 is 1.17 bits per heavy atom. The van der Waals surface area contributed by atoms with Crippen molar-refractivity contribution in [2.24, 2.45) is 5.73 Å². The van der Waals surface area contributed by atoms with Gasteiger partial charge in [-0.15, -0.1) is 0 Å². The van der Waals surface area contributed by atoms with Gasteiger partial charge in [0.15, 0.2) is 0 Å². The summed E-state index contributed by atoms with van der Waals surface area (Å²) in [5.41, 5.74) is 4.57. The molecule has 12 heteroatoms. The summed E-state index contributed by atoms with van der Waals surface area (Å²) in [6, 6.07) is 4.56. The van der Waals surface area contributed by atoms with E-state index < -0.39 is 47.5 Å². The number of aromatic nitrogens is 1. The molecule has 2 heterocycles. The molecule has 36 heavy (non-hydrogen) atoms. The third-order valence-corrected chi connectivity index (χ3v) is 5.40. The van der Waals surface area contributed by atoms with Crippen LogP contribution in [-0.2, 0) is 22.3 Å². The van der Waals surface area contributed by atoms with Gasteiger partial charge in [-0.3, -0.25) is 19.5 Å². The molecule has 0 aliphatic carbocycles. The first kappa shape index (κ1) is 26.9. The topological polar surface area (TPSA) is 115 Å². The maximum absolute atomic E-state index is 14.1. The Hall–Kier alpha value is -3.70. The van der Waals surface area contributed by atoms with Crippen LogP contribution in [0.5, 0.6) is 0 Å². The van der Waals surface area contributed by atoms with Gasteiger partial charge in [0.05, 0.1) is 23.4 Å². The number of ether oxygens (including phenoxy) is 1. The molecule has 0 saturated carbocycles. The van der Waals surface area contributed by atoms with Crippen molar-refractivity contribution >= 4 is 17.9 Å². The zero-order valence-electron chi connectivity index (χ0n) is 19.9. The predicted octanol–water partition coefficient (Wildman–Crippen LogP) is 3.83. The second-order valence-electron chi connectivity index (χ2n) is 9.37. The first-order chi connectivity index (χ1) is 16.7. The van der Waals surface area contributed by atoms with Crippen LogP contribution < -0.4 is 11.1 Å². The zero-order valence-corrected chi connectivity index (χ0v) is 19.9. The molecule has 2 unspecified atom stereocenters. The second kappa shape index (κ2) is 10.1. The van der Waals surface area contributed by atoms with E-state index in [-0.39, 0.29) is 36.3 Å². The van der Waals surface area contributed by atoms with E-state index in [0.29, 0.717) is 5.56 Å². The van der Waals surface area contributed by atoms with Crippen LogP contribution in [-0.4, -0.2) is 52.2 Å². The molecule has 0 bridgehead atoms. The summed E-state index contributed by atoms with van der Waals surface area (Å²) in [5.74, 6) is -1.49. The Labute approximate surface area is 204 Å². The van der Waals surface area contributed by atoms with E-state index >= 15 is 0 Å². The van der Waals surface area contributed by atoms with Gasteiger partial charge in [0.1, 0.15) is 17.8 Å². The number of nitrogens with zero attached hydrogens (tertiary/aromatic N) is 2. The summed E-state index contributed by atoms with van der Waals surface area (Å²) < 4.78 is 57.9. The Balaban J connectivity index is 1.79. The maximum Gasteiger partial charge on any atom is 0.416 e. The number of likely N-dealkylation sites (tertiary alicyclic amines) is 1. The minimum atomic E-state index is -4.50. The lowest BCUT2D eigenvalue weighted by atomic mass is 10.0. The fraction of sp³-hybridized carbons (Fsp3) is 0.417. The first-order valence-corrected chi connectivity index (χ1v) is 11.0. The molecule has 1 aliphatic rings. The normalized spacial score (nSPS) is 18.1. The van der Waals surface area contributed by atoms with Crippen molar-refractivity contribution < 1.29 is 36.7 Å². The number of carbonyl (C=O) groups excluding carboxylic acids is 3. The third-order valence-electron chi connectivity index (χ3n) is 5.40. The number of alkyl halides is 4. The van der Waals surface area contributed by atoms with E-state index in [1.165, 1.54) is 18.2 Å². The molecule has 3 rings (SSSR count). The molecule has 1 aromatic heterocycles. The van der Waals surface area contributed by atoms with Crippen LogP contribution in [0.3, 0.4) is 0 Å². The molecular weight excluding hydrogens is 484 g/mol. The van der Waals surface area contributed by atoms with Crippen molar-refractivity contribution in [3.63, 3.8) is 0 Å². The Morgan fingerprint density at radius 2 is 1.81 bits per heavy atom. The lowest BCUT2D eigenvalue weighted by Gasteiger charge is -2.27. The summed E-state index contributed by atoms with van der Waals surface area (Å²) in [6.45, 7) is 4.42. The molecule has 0 radical (unpaired) electrons. The summed E-state index contributed by atoms with van der Waals surface area (Å²) in [6.07, 6.45) is -5.79. The minimum Gasteiger partial charge on any atom is -0.444 e. The number of nitrogens with one attached hydrogen (secondary N) is 1. The van der Waals surface area contributed by atoms with Gasteiger partial charge >= 0.3 is 12.3 Å². The number of halogens is 4. The van der Waals surface area contributed by atoms with Crippen molar-refractivity contribution in [2.75, 3.05) is 6.54 Å². The van der Waals surface area contributed by atoms with Crippen molar-refractivity contribution in [3.8, 4) is 11.3 Å². The van der Waals surface area contributed by atoms with Gasteiger partial charge in [-0.2, -0.15) is 13.2 Å². The number of primary amides is 1. The molecule has 3 amide bonds. The smallest absolute Gasteiger partial charge is 0.416 e. The highest BCUT2D eigenvalue weighted by atomic mass is 19.4. The molecule has 1 aromatic carbocycles. The highest BCUT2D eigenvalue weighted by Gasteiger charge is 2.41. The average Bonchev–Trinajstić information content (AvgIpc) is 3.17. The Bertz CT molecular complexity index is 1150. The van der Waals surface area contributed by atoms with E-state index in [9.17, 15) is 31.9 Å². The van der Waals surface area contributed by atoms with E-state index in [0.717, 1.165) is 23.2 Å². The van der Waals surface area contributed by atoms with Crippen molar-refractivity contribution in [1.82, 2.24) is 15.2 Å². The maximum atomic E-state index is 14.1. The van der Waals surface area contributed by atoms with Crippen LogP contribution in [0.1, 0.15) is 48.7 Å². The second-order valence-corrected chi connectivity index (χ2v) is 9.37. The fourth-order valence-electron chi connectivity index (χ4n) is 3.71. The van der Waals surface area contributed by atoms with Crippen LogP contribution in [0.15, 0.2) is 36.5 Å². The van der Waals surface area contributed by atoms with Gasteiger partial charge < -0.3 is 15.8 Å². The molecule has 2 aromatic rings. The van der Waals surface area contributed by atoms with E-state index in [4.69, 9.17) is 10.5 Å². The Morgan fingerprint density at radius 3 is 2.36 bits per heavy atom. The summed E-state index contributed by atoms with van der Waals surface area (Å²) in [5, 5.41) is 2.57. The number of rotatable bonds is 5. The van der Waals surface area contributed by atoms with Gasteiger partial charge in [-0.25, -0.2) is 9.18 Å². The van der Waals surface area contributed by atoms with Crippen molar-refractivity contribution in [2.45, 2.75) is 57.7 Å². The molecule has 1 aliphatic heterocycles. The number of hydrogen-bond donors (Lipinski definition) is 2. The first-order valence-electron chi connectivity index (χ1n) is 11.0. The van der Waals surface area contributed by atoms with Crippen LogP contribution >= 0.6 is 0 Å². The number of pyridine rings is 1. The lowest BCUT2D eigenvalue weighted by Crippen LogP contribution is -2.47. The van der Waals surface area contributed by atoms with Gasteiger partial charge in [0.2, 0.25) is 5.91 Å². The number of nitrogens with two attached hydrogens (primary N) is 1. The van der Waals surface area contributed by atoms with Crippen LogP contribution in [0.2, 0.25) is 0 Å². The number of hydrogen-bond acceptors (Lipinski definition) is 5. The third kappa shape index (κ3) is 6.49. The largest absolute Gasteiger partial charge is 0.444 e. The molecule has 3 N–H and O–H groups in total. The molecule has 8 nitrogen and oxygen atoms in total. The molecule has 2 atom stereocenters. The number of amides is 3. The summed E-state index contributed by atoms with van der Waals surface area (Å²) in [4.78, 5) is 42.3. The number of benzene rings is 1. The van der Waals surface area contributed by atoms with E-state index in [2.05, 4.69) is 10.3 Å². The summed E-state index contributed by atoms with van der Waals surface area (Å²) in [7, 11) is 0. The van der Waals surface area contributed by atoms with Gasteiger partial charge in [-0.05, 0) is 44.5 Å². The van der Waals surface area contributed by atoms with Gasteiger partial charge in [-0.1, -0.05) is 12.1 Å². The molecule has 0 spiro atoms. The van der Waals surface area contributed by atoms with Crippen LogP contribution in [0, 0.1) is 0 Å². The molecule has 194 valence electrons. The van der Waals surface area contributed by atoms with Crippen LogP contribution in [0.25, 0.3) is 11.3 Å². The summed E-state index contributed by atoms with van der Waals surface area (Å²) >= 11 is 0. The standard InChI is InChI=1S/C24H26F4N4O4/c1-23(2,3)36-22(35)32-12-16(25)9-19(32)21(34)31-10-14-8-18(30-11-17(14)20(29)33)13-4-6-15(7-5-13)24(26,27)28/h4-8,11,16,19H,9-10,12H2,1-3H3,(H2,29,33)(H,31,34). The molecule has 1 saturated heterocycles. The SMILES string of the molecule is CC(C)(C)OC(=O)N1CC(F)CC1C(=O)NCc1cc(-c2ccc(C(F)(F)F)cc2)ncc1C(N)=O.